The highest BCUT2D eigenvalue weighted by Gasteiger charge is 2.39. The lowest BCUT2D eigenvalue weighted by molar-refractivity contribution is -0.141. The fourth-order valence-corrected chi connectivity index (χ4v) is 1.23. The summed E-state index contributed by atoms with van der Waals surface area (Å²) in [5, 5.41) is 0. The second-order valence-electron chi connectivity index (χ2n) is 2.96. The topological polar surface area (TPSA) is 48.4 Å². The van der Waals surface area contributed by atoms with E-state index in [1.165, 1.54) is 13.0 Å². The average Bonchev–Trinajstić information content (AvgIpc) is 2.27. The van der Waals surface area contributed by atoms with Crippen molar-refractivity contribution in [1.82, 2.24) is 4.98 Å². The summed E-state index contributed by atoms with van der Waals surface area (Å²) in [6.07, 6.45) is -3.82. The molecule has 0 atom stereocenters. The van der Waals surface area contributed by atoms with Crippen LogP contribution in [-0.2, 0) is 10.9 Å². The number of methoxy groups -OCH3 is 1. The highest BCUT2D eigenvalue weighted by molar-refractivity contribution is 5.93. The third-order valence-electron chi connectivity index (χ3n) is 1.88. The Hall–Kier alpha value is -1.79. The normalized spacial score (nSPS) is 11.1. The van der Waals surface area contributed by atoms with Crippen molar-refractivity contribution in [2.45, 2.75) is 13.1 Å². The summed E-state index contributed by atoms with van der Waals surface area (Å²) in [5.41, 5.74) is -2.01. The minimum absolute atomic E-state index is 0.0336. The number of hydrogen-bond donors (Lipinski definition) is 0. The van der Waals surface area contributed by atoms with Crippen LogP contribution in [0, 0.1) is 0 Å². The van der Waals surface area contributed by atoms with Crippen LogP contribution in [0.1, 0.15) is 23.0 Å². The van der Waals surface area contributed by atoms with Crippen LogP contribution in [0.15, 0.2) is 12.3 Å². The molecule has 1 aromatic heterocycles. The minimum atomic E-state index is -4.74. The molecule has 4 nitrogen and oxygen atoms in total. The molecule has 0 saturated carbocycles. The maximum Gasteiger partial charge on any atom is 0.434 e. The van der Waals surface area contributed by atoms with E-state index in [1.54, 1.807) is 0 Å². The minimum Gasteiger partial charge on any atom is -0.496 e. The molecule has 0 amide bonds. The molecule has 0 unspecified atom stereocenters. The Labute approximate surface area is 95.4 Å². The monoisotopic (exact) mass is 249 g/mol. The third-order valence-corrected chi connectivity index (χ3v) is 1.88. The molecule has 0 aromatic carbocycles. The molecule has 1 rings (SSSR count). The summed E-state index contributed by atoms with van der Waals surface area (Å²) >= 11 is 0. The first-order valence-corrected chi connectivity index (χ1v) is 4.69. The van der Waals surface area contributed by atoms with Gasteiger partial charge >= 0.3 is 12.1 Å². The number of pyridine rings is 1. The quantitative estimate of drug-likeness (QED) is 0.771. The van der Waals surface area contributed by atoms with Gasteiger partial charge in [0.1, 0.15) is 11.3 Å². The van der Waals surface area contributed by atoms with Gasteiger partial charge in [-0.3, -0.25) is 4.98 Å². The molecule has 0 N–H and O–H groups in total. The Morgan fingerprint density at radius 3 is 2.59 bits per heavy atom. The Bertz CT molecular complexity index is 418. The molecule has 7 heteroatoms. The summed E-state index contributed by atoms with van der Waals surface area (Å²) < 4.78 is 47.2. The van der Waals surface area contributed by atoms with Gasteiger partial charge in [0.25, 0.3) is 0 Å². The number of carbonyl (C=O) groups excluding carboxylic acids is 1. The number of carbonyl (C=O) groups is 1. The molecule has 1 aromatic rings. The largest absolute Gasteiger partial charge is 0.496 e. The molecule has 0 radical (unpaired) electrons. The SMILES string of the molecule is CCOC(=O)c1c(OC)ccnc1C(F)(F)F. The first-order valence-electron chi connectivity index (χ1n) is 4.69. The lowest BCUT2D eigenvalue weighted by Crippen LogP contribution is -2.18. The van der Waals surface area contributed by atoms with Gasteiger partial charge < -0.3 is 9.47 Å². The van der Waals surface area contributed by atoms with E-state index in [-0.39, 0.29) is 12.4 Å². The van der Waals surface area contributed by atoms with Crippen molar-refractivity contribution in [3.63, 3.8) is 0 Å². The molecule has 0 spiro atoms. The predicted molar refractivity (Wildman–Crippen MR) is 51.7 cm³/mol. The number of hydrogen-bond acceptors (Lipinski definition) is 4. The zero-order valence-corrected chi connectivity index (χ0v) is 9.17. The Kier molecular flexibility index (Phi) is 3.93. The Balaban J connectivity index is 3.36. The second-order valence-corrected chi connectivity index (χ2v) is 2.96. The number of alkyl halides is 3. The highest BCUT2D eigenvalue weighted by Crippen LogP contribution is 2.34. The standard InChI is InChI=1S/C10H10F3NO3/c1-3-17-9(15)7-6(16-2)4-5-14-8(7)10(11,12)13/h4-5H,3H2,1-2H3. The van der Waals surface area contributed by atoms with Crippen LogP contribution in [0.5, 0.6) is 5.75 Å². The first kappa shape index (κ1) is 13.3. The van der Waals surface area contributed by atoms with Crippen LogP contribution in [0.25, 0.3) is 0 Å². The highest BCUT2D eigenvalue weighted by atomic mass is 19.4. The lowest BCUT2D eigenvalue weighted by atomic mass is 10.1. The summed E-state index contributed by atoms with van der Waals surface area (Å²) in [4.78, 5) is 14.6. The number of halogens is 3. The van der Waals surface area contributed by atoms with Crippen LogP contribution in [0.2, 0.25) is 0 Å². The summed E-state index contributed by atoms with van der Waals surface area (Å²) in [5.74, 6) is -1.32. The molecular formula is C10H10F3NO3. The molecule has 0 fully saturated rings. The van der Waals surface area contributed by atoms with E-state index in [0.717, 1.165) is 13.3 Å². The smallest absolute Gasteiger partial charge is 0.434 e. The van der Waals surface area contributed by atoms with Crippen molar-refractivity contribution in [3.05, 3.63) is 23.5 Å². The van der Waals surface area contributed by atoms with Crippen molar-refractivity contribution in [2.24, 2.45) is 0 Å². The fraction of sp³-hybridized carbons (Fsp3) is 0.400. The van der Waals surface area contributed by atoms with Gasteiger partial charge in [-0.1, -0.05) is 0 Å². The number of rotatable bonds is 3. The number of esters is 1. The van der Waals surface area contributed by atoms with Gasteiger partial charge in [-0.25, -0.2) is 4.79 Å². The molecule has 0 bridgehead atoms. The van der Waals surface area contributed by atoms with E-state index in [0.29, 0.717) is 0 Å². The third kappa shape index (κ3) is 2.86. The summed E-state index contributed by atoms with van der Waals surface area (Å²) in [6.45, 7) is 1.46. The Morgan fingerprint density at radius 2 is 2.12 bits per heavy atom. The summed E-state index contributed by atoms with van der Waals surface area (Å²) in [6, 6.07) is 1.17. The molecule has 94 valence electrons. The average molecular weight is 249 g/mol. The van der Waals surface area contributed by atoms with Crippen molar-refractivity contribution in [1.29, 1.82) is 0 Å². The Morgan fingerprint density at radius 1 is 1.47 bits per heavy atom. The number of ether oxygens (including phenoxy) is 2. The zero-order valence-electron chi connectivity index (χ0n) is 9.17. The first-order chi connectivity index (χ1) is 7.91. The second kappa shape index (κ2) is 5.03. The number of aromatic nitrogens is 1. The molecular weight excluding hydrogens is 239 g/mol. The fourth-order valence-electron chi connectivity index (χ4n) is 1.23. The van der Waals surface area contributed by atoms with Crippen molar-refractivity contribution in [3.8, 4) is 5.75 Å². The maximum absolute atomic E-state index is 12.6. The van der Waals surface area contributed by atoms with Crippen molar-refractivity contribution >= 4 is 5.97 Å². The van der Waals surface area contributed by atoms with Crippen LogP contribution < -0.4 is 4.74 Å². The maximum atomic E-state index is 12.6. The zero-order chi connectivity index (χ0) is 13.1. The van der Waals surface area contributed by atoms with Gasteiger partial charge in [-0.15, -0.1) is 0 Å². The van der Waals surface area contributed by atoms with Gasteiger partial charge in [-0.05, 0) is 13.0 Å². The van der Waals surface area contributed by atoms with E-state index in [4.69, 9.17) is 4.74 Å². The van der Waals surface area contributed by atoms with Gasteiger partial charge in [0.15, 0.2) is 5.69 Å². The van der Waals surface area contributed by atoms with E-state index >= 15 is 0 Å². The predicted octanol–water partition coefficient (Wildman–Crippen LogP) is 2.29. The van der Waals surface area contributed by atoms with E-state index in [2.05, 4.69) is 9.72 Å². The van der Waals surface area contributed by atoms with E-state index in [1.807, 2.05) is 0 Å². The van der Waals surface area contributed by atoms with Crippen molar-refractivity contribution < 1.29 is 27.4 Å². The van der Waals surface area contributed by atoms with Crippen LogP contribution in [-0.4, -0.2) is 24.7 Å². The van der Waals surface area contributed by atoms with Gasteiger partial charge in [0, 0.05) is 6.20 Å². The molecule has 0 aliphatic carbocycles. The van der Waals surface area contributed by atoms with E-state index in [9.17, 15) is 18.0 Å². The van der Waals surface area contributed by atoms with Gasteiger partial charge in [0.2, 0.25) is 0 Å². The molecule has 0 aliphatic rings. The molecule has 1 heterocycles. The molecule has 0 saturated heterocycles. The van der Waals surface area contributed by atoms with Crippen LogP contribution in [0.3, 0.4) is 0 Å². The van der Waals surface area contributed by atoms with Crippen molar-refractivity contribution in [2.75, 3.05) is 13.7 Å². The molecule has 0 aliphatic heterocycles. The lowest BCUT2D eigenvalue weighted by Gasteiger charge is -2.13. The van der Waals surface area contributed by atoms with Gasteiger partial charge in [-0.2, -0.15) is 13.2 Å². The molecule has 17 heavy (non-hydrogen) atoms. The van der Waals surface area contributed by atoms with E-state index < -0.39 is 23.4 Å². The summed E-state index contributed by atoms with van der Waals surface area (Å²) in [7, 11) is 1.16. The van der Waals surface area contributed by atoms with Crippen LogP contribution in [0.4, 0.5) is 13.2 Å². The number of nitrogens with zero attached hydrogens (tertiary/aromatic N) is 1. The van der Waals surface area contributed by atoms with Gasteiger partial charge in [0.05, 0.1) is 13.7 Å². The van der Waals surface area contributed by atoms with Crippen LogP contribution >= 0.6 is 0 Å².